The molecule has 2 aromatic rings. The maximum Gasteiger partial charge on any atom is 0.184 e. The average molecular weight is 261 g/mol. The van der Waals surface area contributed by atoms with E-state index in [0.717, 1.165) is 5.69 Å². The molecule has 5 heteroatoms. The maximum atomic E-state index is 13.6. The van der Waals surface area contributed by atoms with Crippen molar-refractivity contribution >= 4 is 5.78 Å². The summed E-state index contributed by atoms with van der Waals surface area (Å²) in [6.07, 6.45) is 0.998. The lowest BCUT2D eigenvalue weighted by atomic mass is 10.1. The highest BCUT2D eigenvalue weighted by Gasteiger charge is 2.19. The first-order valence-electron chi connectivity index (χ1n) is 6.33. The monoisotopic (exact) mass is 261 g/mol. The maximum absolute atomic E-state index is 13.6. The van der Waals surface area contributed by atoms with Crippen molar-refractivity contribution in [1.82, 2.24) is 15.0 Å². The van der Waals surface area contributed by atoms with Crippen LogP contribution >= 0.6 is 0 Å². The van der Waals surface area contributed by atoms with Crippen molar-refractivity contribution in [2.24, 2.45) is 0 Å². The number of halogens is 1. The summed E-state index contributed by atoms with van der Waals surface area (Å²) in [6.45, 7) is 5.40. The first kappa shape index (κ1) is 13.4. The minimum atomic E-state index is -0.293. The highest BCUT2D eigenvalue weighted by Crippen LogP contribution is 2.20. The fraction of sp³-hybridized carbons (Fsp3) is 0.357. The number of carbonyl (C=O) groups is 1. The summed E-state index contributed by atoms with van der Waals surface area (Å²) in [4.78, 5) is 11.8. The standard InChI is InChI=1S/C14H16FN3O/c1-4-11-14(13(19)5-2)16-17-18(11)12-8-6-7-10(15)9(12)3/h6-8H,4-5H2,1-3H3. The molecule has 0 radical (unpaired) electrons. The van der Waals surface area contributed by atoms with Crippen molar-refractivity contribution in [3.63, 3.8) is 0 Å². The van der Waals surface area contributed by atoms with Crippen LogP contribution in [0, 0.1) is 12.7 Å². The molecule has 0 aliphatic carbocycles. The largest absolute Gasteiger partial charge is 0.292 e. The van der Waals surface area contributed by atoms with Crippen LogP contribution in [0.5, 0.6) is 0 Å². The van der Waals surface area contributed by atoms with Crippen LogP contribution in [0.1, 0.15) is 42.0 Å². The van der Waals surface area contributed by atoms with Crippen LogP contribution in [-0.2, 0) is 6.42 Å². The normalized spacial score (nSPS) is 10.7. The molecular weight excluding hydrogens is 245 g/mol. The molecule has 0 saturated heterocycles. The quantitative estimate of drug-likeness (QED) is 0.795. The molecule has 0 N–H and O–H groups in total. The number of hydrogen-bond donors (Lipinski definition) is 0. The molecular formula is C14H16FN3O. The summed E-state index contributed by atoms with van der Waals surface area (Å²) in [5, 5.41) is 7.95. The van der Waals surface area contributed by atoms with Gasteiger partial charge in [-0.05, 0) is 25.5 Å². The number of ketones is 1. The first-order chi connectivity index (χ1) is 9.10. The Morgan fingerprint density at radius 3 is 2.74 bits per heavy atom. The van der Waals surface area contributed by atoms with E-state index in [9.17, 15) is 9.18 Å². The minimum absolute atomic E-state index is 0.0443. The van der Waals surface area contributed by atoms with E-state index < -0.39 is 0 Å². The first-order valence-corrected chi connectivity index (χ1v) is 6.33. The molecule has 1 aromatic carbocycles. The highest BCUT2D eigenvalue weighted by molar-refractivity contribution is 5.95. The van der Waals surface area contributed by atoms with Crippen LogP contribution in [0.4, 0.5) is 4.39 Å². The predicted octanol–water partition coefficient (Wildman–Crippen LogP) is 2.87. The van der Waals surface area contributed by atoms with Crippen molar-refractivity contribution in [3.8, 4) is 5.69 Å². The molecule has 1 heterocycles. The van der Waals surface area contributed by atoms with E-state index >= 15 is 0 Å². The summed E-state index contributed by atoms with van der Waals surface area (Å²) >= 11 is 0. The summed E-state index contributed by atoms with van der Waals surface area (Å²) in [5.74, 6) is -0.337. The van der Waals surface area contributed by atoms with Crippen molar-refractivity contribution in [1.29, 1.82) is 0 Å². The Morgan fingerprint density at radius 2 is 2.11 bits per heavy atom. The molecule has 0 fully saturated rings. The van der Waals surface area contributed by atoms with Crippen LogP contribution in [-0.4, -0.2) is 20.8 Å². The van der Waals surface area contributed by atoms with Crippen LogP contribution in [0.15, 0.2) is 18.2 Å². The van der Waals surface area contributed by atoms with Crippen LogP contribution in [0.2, 0.25) is 0 Å². The van der Waals surface area contributed by atoms with Gasteiger partial charge in [0.05, 0.1) is 11.4 Å². The van der Waals surface area contributed by atoms with Gasteiger partial charge in [0.25, 0.3) is 0 Å². The molecule has 0 bridgehead atoms. The van der Waals surface area contributed by atoms with Gasteiger partial charge in [0.1, 0.15) is 5.82 Å². The van der Waals surface area contributed by atoms with Gasteiger partial charge in [-0.2, -0.15) is 0 Å². The van der Waals surface area contributed by atoms with Gasteiger partial charge in [0.2, 0.25) is 0 Å². The van der Waals surface area contributed by atoms with E-state index in [0.29, 0.717) is 29.8 Å². The molecule has 0 spiro atoms. The van der Waals surface area contributed by atoms with Crippen LogP contribution in [0.25, 0.3) is 5.69 Å². The van der Waals surface area contributed by atoms with Gasteiger partial charge in [-0.1, -0.05) is 25.1 Å². The third-order valence-corrected chi connectivity index (χ3v) is 3.15. The lowest BCUT2D eigenvalue weighted by Crippen LogP contribution is -2.07. The zero-order valence-electron chi connectivity index (χ0n) is 11.3. The average Bonchev–Trinajstić information content (AvgIpc) is 2.84. The number of nitrogens with zero attached hydrogens (tertiary/aromatic N) is 3. The van der Waals surface area contributed by atoms with E-state index in [2.05, 4.69) is 10.3 Å². The Morgan fingerprint density at radius 1 is 1.37 bits per heavy atom. The number of carbonyl (C=O) groups excluding carboxylic acids is 1. The molecule has 0 aliphatic rings. The second kappa shape index (κ2) is 5.30. The van der Waals surface area contributed by atoms with E-state index in [-0.39, 0.29) is 11.6 Å². The Bertz CT molecular complexity index is 619. The van der Waals surface area contributed by atoms with Crippen molar-refractivity contribution in [2.45, 2.75) is 33.6 Å². The van der Waals surface area contributed by atoms with E-state index in [1.54, 1.807) is 30.7 Å². The molecule has 4 nitrogen and oxygen atoms in total. The topological polar surface area (TPSA) is 47.8 Å². The smallest absolute Gasteiger partial charge is 0.184 e. The summed E-state index contributed by atoms with van der Waals surface area (Å²) in [7, 11) is 0. The third-order valence-electron chi connectivity index (χ3n) is 3.15. The SMILES string of the molecule is CCC(=O)c1nnn(-c2cccc(F)c2C)c1CC. The van der Waals surface area contributed by atoms with Gasteiger partial charge in [-0.3, -0.25) is 4.79 Å². The number of aromatic nitrogens is 3. The third kappa shape index (κ3) is 2.28. The van der Waals surface area contributed by atoms with Crippen molar-refractivity contribution < 1.29 is 9.18 Å². The number of rotatable bonds is 4. The molecule has 1 aromatic heterocycles. The molecule has 19 heavy (non-hydrogen) atoms. The fourth-order valence-electron chi connectivity index (χ4n) is 2.02. The summed E-state index contributed by atoms with van der Waals surface area (Å²) in [5.41, 5.74) is 2.23. The second-order valence-corrected chi connectivity index (χ2v) is 4.31. The van der Waals surface area contributed by atoms with E-state index in [4.69, 9.17) is 0 Å². The van der Waals surface area contributed by atoms with Gasteiger partial charge >= 0.3 is 0 Å². The molecule has 100 valence electrons. The predicted molar refractivity (Wildman–Crippen MR) is 70.1 cm³/mol. The summed E-state index contributed by atoms with van der Waals surface area (Å²) in [6, 6.07) is 4.80. The van der Waals surface area contributed by atoms with Gasteiger partial charge < -0.3 is 0 Å². The Kier molecular flexibility index (Phi) is 3.74. The fourth-order valence-corrected chi connectivity index (χ4v) is 2.02. The number of hydrogen-bond acceptors (Lipinski definition) is 3. The van der Waals surface area contributed by atoms with Crippen molar-refractivity contribution in [2.75, 3.05) is 0 Å². The Hall–Kier alpha value is -2.04. The second-order valence-electron chi connectivity index (χ2n) is 4.31. The Balaban J connectivity index is 2.60. The zero-order chi connectivity index (χ0) is 14.0. The van der Waals surface area contributed by atoms with E-state index in [1.165, 1.54) is 6.07 Å². The molecule has 0 saturated carbocycles. The number of Topliss-reactive ketones (excluding diaryl/α,β-unsaturated/α-hetero) is 1. The van der Waals surface area contributed by atoms with Gasteiger partial charge in [-0.15, -0.1) is 5.10 Å². The van der Waals surface area contributed by atoms with Crippen LogP contribution < -0.4 is 0 Å². The minimum Gasteiger partial charge on any atom is -0.292 e. The molecule has 2 rings (SSSR count). The molecule has 0 amide bonds. The van der Waals surface area contributed by atoms with Gasteiger partial charge in [-0.25, -0.2) is 9.07 Å². The van der Waals surface area contributed by atoms with Crippen molar-refractivity contribution in [3.05, 3.63) is 41.0 Å². The molecule has 0 unspecified atom stereocenters. The summed E-state index contributed by atoms with van der Waals surface area (Å²) < 4.78 is 15.2. The molecule has 0 atom stereocenters. The van der Waals surface area contributed by atoms with Crippen LogP contribution in [0.3, 0.4) is 0 Å². The van der Waals surface area contributed by atoms with E-state index in [1.807, 2.05) is 6.92 Å². The van der Waals surface area contributed by atoms with Gasteiger partial charge in [0, 0.05) is 12.0 Å². The number of benzene rings is 1. The lowest BCUT2D eigenvalue weighted by molar-refractivity contribution is 0.0982. The molecule has 0 aliphatic heterocycles. The Labute approximate surface area is 111 Å². The highest BCUT2D eigenvalue weighted by atomic mass is 19.1. The zero-order valence-corrected chi connectivity index (χ0v) is 11.3. The van der Waals surface area contributed by atoms with Gasteiger partial charge in [0.15, 0.2) is 11.5 Å². The lowest BCUT2D eigenvalue weighted by Gasteiger charge is -2.09.